The van der Waals surface area contributed by atoms with E-state index in [1.807, 2.05) is 0 Å². The van der Waals surface area contributed by atoms with E-state index in [0.29, 0.717) is 11.3 Å². The van der Waals surface area contributed by atoms with Crippen molar-refractivity contribution in [3.05, 3.63) is 46.5 Å². The first kappa shape index (κ1) is 15.5. The lowest BCUT2D eigenvalue weighted by Crippen LogP contribution is -2.31. The van der Waals surface area contributed by atoms with Crippen LogP contribution >= 0.6 is 0 Å². The first-order valence-electron chi connectivity index (χ1n) is 6.24. The van der Waals surface area contributed by atoms with E-state index in [4.69, 9.17) is 5.84 Å². The molecule has 2 aromatic heterocycles. The van der Waals surface area contributed by atoms with Crippen molar-refractivity contribution >= 4 is 0 Å². The van der Waals surface area contributed by atoms with E-state index in [2.05, 4.69) is 15.5 Å². The number of aryl methyl sites for hydroxylation is 2. The highest BCUT2D eigenvalue weighted by molar-refractivity contribution is 5.40. The topological polar surface area (TPSA) is 68.8 Å². The van der Waals surface area contributed by atoms with Crippen molar-refractivity contribution in [2.45, 2.75) is 26.1 Å². The molecule has 3 N–H and O–H groups in total. The number of alkyl halides is 3. The van der Waals surface area contributed by atoms with Gasteiger partial charge in [0.05, 0.1) is 17.3 Å². The van der Waals surface area contributed by atoms with Gasteiger partial charge in [0.2, 0.25) is 0 Å². The summed E-state index contributed by atoms with van der Waals surface area (Å²) in [7, 11) is 1.73. The molecule has 5 nitrogen and oxygen atoms in total. The van der Waals surface area contributed by atoms with E-state index >= 15 is 0 Å². The van der Waals surface area contributed by atoms with Gasteiger partial charge in [-0.25, -0.2) is 5.43 Å². The molecule has 2 aromatic rings. The zero-order chi connectivity index (χ0) is 15.8. The minimum Gasteiger partial charge on any atom is -0.272 e. The summed E-state index contributed by atoms with van der Waals surface area (Å²) >= 11 is 0. The summed E-state index contributed by atoms with van der Waals surface area (Å²) in [4.78, 5) is 3.80. The van der Waals surface area contributed by atoms with E-state index in [9.17, 15) is 13.2 Å². The van der Waals surface area contributed by atoms with Crippen molar-refractivity contribution in [3.8, 4) is 0 Å². The molecule has 2 heterocycles. The second-order valence-corrected chi connectivity index (χ2v) is 4.77. The molecule has 1 atom stereocenters. The fraction of sp³-hybridized carbons (Fsp3) is 0.385. The highest BCUT2D eigenvalue weighted by atomic mass is 19.4. The average molecular weight is 299 g/mol. The fourth-order valence-electron chi connectivity index (χ4n) is 2.43. The normalized spacial score (nSPS) is 13.5. The Morgan fingerprint density at radius 1 is 1.33 bits per heavy atom. The highest BCUT2D eigenvalue weighted by Gasteiger charge is 2.36. The summed E-state index contributed by atoms with van der Waals surface area (Å²) in [5.41, 5.74) is 3.65. The van der Waals surface area contributed by atoms with E-state index in [1.165, 1.54) is 6.20 Å². The van der Waals surface area contributed by atoms with Crippen molar-refractivity contribution in [2.24, 2.45) is 12.9 Å². The lowest BCUT2D eigenvalue weighted by molar-refractivity contribution is -0.138. The zero-order valence-electron chi connectivity index (χ0n) is 11.9. The quantitative estimate of drug-likeness (QED) is 0.672. The molecule has 0 radical (unpaired) electrons. The third kappa shape index (κ3) is 2.77. The minimum atomic E-state index is -4.47. The van der Waals surface area contributed by atoms with Crippen molar-refractivity contribution in [3.63, 3.8) is 0 Å². The number of nitrogens with two attached hydrogens (primary N) is 1. The van der Waals surface area contributed by atoms with Crippen molar-refractivity contribution in [1.82, 2.24) is 20.2 Å². The van der Waals surface area contributed by atoms with Crippen LogP contribution in [0.1, 0.15) is 34.1 Å². The summed E-state index contributed by atoms with van der Waals surface area (Å²) < 4.78 is 41.1. The summed E-state index contributed by atoms with van der Waals surface area (Å²) in [6.45, 7) is 3.51. The Kier molecular flexibility index (Phi) is 4.02. The molecule has 0 bridgehead atoms. The number of pyridine rings is 1. The van der Waals surface area contributed by atoms with Gasteiger partial charge in [-0.2, -0.15) is 18.3 Å². The second-order valence-electron chi connectivity index (χ2n) is 4.77. The molecular formula is C13H16F3N5. The van der Waals surface area contributed by atoms with Gasteiger partial charge < -0.3 is 0 Å². The Morgan fingerprint density at radius 3 is 2.48 bits per heavy atom. The van der Waals surface area contributed by atoms with Crippen LogP contribution in [0, 0.1) is 13.8 Å². The Bertz CT molecular complexity index is 648. The lowest BCUT2D eigenvalue weighted by atomic mass is 9.95. The first-order chi connectivity index (χ1) is 9.77. The molecule has 0 saturated carbocycles. The molecule has 0 saturated heterocycles. The van der Waals surface area contributed by atoms with Crippen LogP contribution in [-0.2, 0) is 13.2 Å². The average Bonchev–Trinajstić information content (AvgIpc) is 2.66. The van der Waals surface area contributed by atoms with E-state index < -0.39 is 17.8 Å². The van der Waals surface area contributed by atoms with Crippen LogP contribution in [0.5, 0.6) is 0 Å². The molecule has 114 valence electrons. The number of nitrogens with zero attached hydrogens (tertiary/aromatic N) is 3. The lowest BCUT2D eigenvalue weighted by Gasteiger charge is -2.21. The maximum Gasteiger partial charge on any atom is 0.416 e. The van der Waals surface area contributed by atoms with Gasteiger partial charge in [0.1, 0.15) is 0 Å². The Labute approximate surface area is 119 Å². The van der Waals surface area contributed by atoms with Crippen LogP contribution in [0.3, 0.4) is 0 Å². The molecule has 0 aliphatic heterocycles. The SMILES string of the molecule is Cc1nn(C)c(C)c1C(NN)c1cnccc1C(F)(F)F. The van der Waals surface area contributed by atoms with Gasteiger partial charge in [-0.1, -0.05) is 0 Å². The maximum atomic E-state index is 13.1. The minimum absolute atomic E-state index is 0.0216. The molecule has 1 unspecified atom stereocenters. The van der Waals surface area contributed by atoms with Gasteiger partial charge in [0.25, 0.3) is 0 Å². The number of hydrogen-bond donors (Lipinski definition) is 2. The molecule has 2 rings (SSSR count). The molecule has 0 aliphatic rings. The smallest absolute Gasteiger partial charge is 0.272 e. The second kappa shape index (κ2) is 5.45. The third-order valence-corrected chi connectivity index (χ3v) is 3.49. The van der Waals surface area contributed by atoms with E-state index in [0.717, 1.165) is 18.0 Å². The molecule has 0 aromatic carbocycles. The molecule has 8 heteroatoms. The molecule has 0 aliphatic carbocycles. The van der Waals surface area contributed by atoms with Crippen LogP contribution in [0.4, 0.5) is 13.2 Å². The van der Waals surface area contributed by atoms with Crippen LogP contribution in [0.2, 0.25) is 0 Å². The number of hydrazine groups is 1. The number of rotatable bonds is 3. The monoisotopic (exact) mass is 299 g/mol. The van der Waals surface area contributed by atoms with Crippen LogP contribution in [0.25, 0.3) is 0 Å². The van der Waals surface area contributed by atoms with Gasteiger partial charge in [-0.3, -0.25) is 15.5 Å². The molecular weight excluding hydrogens is 283 g/mol. The summed E-state index contributed by atoms with van der Waals surface area (Å²) in [5, 5.41) is 4.22. The molecule has 0 fully saturated rings. The summed E-state index contributed by atoms with van der Waals surface area (Å²) in [5.74, 6) is 5.51. The Hall–Kier alpha value is -1.93. The summed E-state index contributed by atoms with van der Waals surface area (Å²) in [6.07, 6.45) is -2.18. The number of halogens is 3. The van der Waals surface area contributed by atoms with Gasteiger partial charge in [0.15, 0.2) is 0 Å². The van der Waals surface area contributed by atoms with Crippen molar-refractivity contribution in [1.29, 1.82) is 0 Å². The first-order valence-corrected chi connectivity index (χ1v) is 6.24. The van der Waals surface area contributed by atoms with Gasteiger partial charge in [-0.05, 0) is 19.9 Å². The van der Waals surface area contributed by atoms with Gasteiger partial charge in [-0.15, -0.1) is 0 Å². The van der Waals surface area contributed by atoms with Crippen LogP contribution < -0.4 is 11.3 Å². The Balaban J connectivity index is 2.63. The van der Waals surface area contributed by atoms with E-state index in [-0.39, 0.29) is 5.56 Å². The zero-order valence-corrected chi connectivity index (χ0v) is 11.9. The standard InChI is InChI=1S/C13H16F3N5/c1-7-11(8(2)21(3)20-7)12(19-17)9-6-18-5-4-10(9)13(14,15)16/h4-6,12,19H,17H2,1-3H3. The van der Waals surface area contributed by atoms with Crippen molar-refractivity contribution in [2.75, 3.05) is 0 Å². The highest BCUT2D eigenvalue weighted by Crippen LogP contribution is 2.37. The third-order valence-electron chi connectivity index (χ3n) is 3.49. The predicted octanol–water partition coefficient (Wildman–Crippen LogP) is 2.00. The van der Waals surface area contributed by atoms with Crippen molar-refractivity contribution < 1.29 is 13.2 Å². The molecule has 0 spiro atoms. The molecule has 0 amide bonds. The van der Waals surface area contributed by atoms with Gasteiger partial charge >= 0.3 is 6.18 Å². The largest absolute Gasteiger partial charge is 0.416 e. The predicted molar refractivity (Wildman–Crippen MR) is 71.1 cm³/mol. The van der Waals surface area contributed by atoms with E-state index in [1.54, 1.807) is 25.6 Å². The number of aromatic nitrogens is 3. The van der Waals surface area contributed by atoms with Gasteiger partial charge in [0, 0.05) is 36.3 Å². The van der Waals surface area contributed by atoms with Crippen LogP contribution in [0.15, 0.2) is 18.5 Å². The fourth-order valence-corrected chi connectivity index (χ4v) is 2.43. The number of nitrogens with one attached hydrogen (secondary N) is 1. The van der Waals surface area contributed by atoms with Crippen LogP contribution in [-0.4, -0.2) is 14.8 Å². The Morgan fingerprint density at radius 2 is 2.00 bits per heavy atom. The number of hydrogen-bond acceptors (Lipinski definition) is 4. The summed E-state index contributed by atoms with van der Waals surface area (Å²) in [6, 6.07) is 0.116. The maximum absolute atomic E-state index is 13.1. The molecule has 21 heavy (non-hydrogen) atoms.